The van der Waals surface area contributed by atoms with Crippen molar-refractivity contribution >= 4 is 23.6 Å². The summed E-state index contributed by atoms with van der Waals surface area (Å²) in [6.45, 7) is 2.29. The number of rotatable bonds is 7. The maximum Gasteiger partial charge on any atom is 0.335 e. The Labute approximate surface area is 115 Å². The number of thioether (sulfide) groups is 1. The van der Waals surface area contributed by atoms with Crippen LogP contribution >= 0.6 is 11.8 Å². The number of ether oxygens (including phenoxy) is 1. The van der Waals surface area contributed by atoms with E-state index in [1.807, 2.05) is 6.92 Å². The maximum atomic E-state index is 11.6. The molecule has 0 saturated carbocycles. The second-order valence-electron chi connectivity index (χ2n) is 3.90. The van der Waals surface area contributed by atoms with Crippen LogP contribution in [-0.2, 0) is 9.53 Å². The first kappa shape index (κ1) is 15.5. The molecule has 0 aromatic carbocycles. The number of aromatic carboxylic acids is 1. The highest BCUT2D eigenvalue weighted by Gasteiger charge is 2.09. The van der Waals surface area contributed by atoms with E-state index in [9.17, 15) is 9.59 Å². The highest BCUT2D eigenvalue weighted by Crippen LogP contribution is 2.16. The third-order valence-corrected chi connectivity index (χ3v) is 3.08. The van der Waals surface area contributed by atoms with Crippen LogP contribution in [-0.4, -0.2) is 47.5 Å². The molecule has 1 rings (SSSR count). The van der Waals surface area contributed by atoms with E-state index in [-0.39, 0.29) is 23.3 Å². The fourth-order valence-corrected chi connectivity index (χ4v) is 2.08. The lowest BCUT2D eigenvalue weighted by molar-refractivity contribution is -0.119. The van der Waals surface area contributed by atoms with Crippen LogP contribution in [0.1, 0.15) is 17.3 Å². The van der Waals surface area contributed by atoms with Gasteiger partial charge in [0.2, 0.25) is 5.91 Å². The number of carbonyl (C=O) groups is 2. The highest BCUT2D eigenvalue weighted by molar-refractivity contribution is 7.99. The van der Waals surface area contributed by atoms with Crippen molar-refractivity contribution in [2.24, 2.45) is 0 Å². The van der Waals surface area contributed by atoms with Gasteiger partial charge in [-0.1, -0.05) is 11.8 Å². The van der Waals surface area contributed by atoms with Crippen molar-refractivity contribution in [2.45, 2.75) is 18.0 Å². The number of amides is 1. The Balaban J connectivity index is 2.46. The quantitative estimate of drug-likeness (QED) is 0.727. The van der Waals surface area contributed by atoms with Crippen LogP contribution in [0.2, 0.25) is 0 Å². The van der Waals surface area contributed by atoms with Gasteiger partial charge in [-0.2, -0.15) is 0 Å². The average molecular weight is 284 g/mol. The molecule has 0 aliphatic carbocycles. The molecular weight excluding hydrogens is 268 g/mol. The van der Waals surface area contributed by atoms with Gasteiger partial charge in [0, 0.05) is 19.3 Å². The zero-order chi connectivity index (χ0) is 14.3. The highest BCUT2D eigenvalue weighted by atomic mass is 32.2. The SMILES string of the molecule is COCC(C)NC(=O)CSc1cc(C(=O)O)ccn1. The molecule has 1 unspecified atom stereocenters. The fraction of sp³-hybridized carbons (Fsp3) is 0.417. The molecule has 6 nitrogen and oxygen atoms in total. The van der Waals surface area contributed by atoms with Crippen LogP contribution in [0.5, 0.6) is 0 Å². The van der Waals surface area contributed by atoms with Crippen molar-refractivity contribution in [2.75, 3.05) is 19.5 Å². The number of carboxylic acid groups (broad SMARTS) is 1. The largest absolute Gasteiger partial charge is 0.478 e. The molecule has 0 bridgehead atoms. The molecule has 0 saturated heterocycles. The van der Waals surface area contributed by atoms with E-state index in [4.69, 9.17) is 9.84 Å². The van der Waals surface area contributed by atoms with Gasteiger partial charge in [0.25, 0.3) is 0 Å². The van der Waals surface area contributed by atoms with Gasteiger partial charge < -0.3 is 15.2 Å². The smallest absolute Gasteiger partial charge is 0.335 e. The predicted octanol–water partition coefficient (Wildman–Crippen LogP) is 1.02. The fourth-order valence-electron chi connectivity index (χ4n) is 1.37. The van der Waals surface area contributed by atoms with Crippen molar-refractivity contribution in [1.82, 2.24) is 10.3 Å². The van der Waals surface area contributed by atoms with E-state index in [0.29, 0.717) is 11.6 Å². The Hall–Kier alpha value is -1.60. The number of hydrogen-bond acceptors (Lipinski definition) is 5. The second-order valence-corrected chi connectivity index (χ2v) is 4.90. The van der Waals surface area contributed by atoms with Gasteiger partial charge >= 0.3 is 5.97 Å². The molecule has 104 valence electrons. The minimum absolute atomic E-state index is 0.0589. The zero-order valence-corrected chi connectivity index (χ0v) is 11.6. The number of pyridine rings is 1. The van der Waals surface area contributed by atoms with Crippen molar-refractivity contribution in [1.29, 1.82) is 0 Å². The summed E-state index contributed by atoms with van der Waals surface area (Å²) in [6, 6.07) is 2.79. The van der Waals surface area contributed by atoms with Crippen LogP contribution in [0, 0.1) is 0 Å². The summed E-state index contributed by atoms with van der Waals surface area (Å²) in [4.78, 5) is 26.4. The lowest BCUT2D eigenvalue weighted by Gasteiger charge is -2.12. The van der Waals surface area contributed by atoms with E-state index >= 15 is 0 Å². The number of aromatic nitrogens is 1. The molecule has 1 aromatic heterocycles. The summed E-state index contributed by atoms with van der Waals surface area (Å²) < 4.78 is 4.91. The summed E-state index contributed by atoms with van der Waals surface area (Å²) in [5.41, 5.74) is 0.158. The first-order valence-corrected chi connectivity index (χ1v) is 6.62. The minimum Gasteiger partial charge on any atom is -0.478 e. The molecule has 7 heteroatoms. The Morgan fingerprint density at radius 3 is 2.95 bits per heavy atom. The van der Waals surface area contributed by atoms with Crippen LogP contribution in [0.25, 0.3) is 0 Å². The van der Waals surface area contributed by atoms with Crippen LogP contribution in [0.15, 0.2) is 23.4 Å². The Bertz CT molecular complexity index is 453. The molecule has 2 N–H and O–H groups in total. The van der Waals surface area contributed by atoms with Gasteiger partial charge in [-0.05, 0) is 19.1 Å². The molecule has 0 aliphatic heterocycles. The van der Waals surface area contributed by atoms with Gasteiger partial charge in [0.05, 0.1) is 22.9 Å². The van der Waals surface area contributed by atoms with Gasteiger partial charge in [-0.25, -0.2) is 9.78 Å². The van der Waals surface area contributed by atoms with Crippen LogP contribution < -0.4 is 5.32 Å². The third kappa shape index (κ3) is 5.71. The van der Waals surface area contributed by atoms with Crippen molar-refractivity contribution in [3.8, 4) is 0 Å². The number of nitrogens with one attached hydrogen (secondary N) is 1. The van der Waals surface area contributed by atoms with Crippen LogP contribution in [0.4, 0.5) is 0 Å². The molecular formula is C12H16N2O4S. The topological polar surface area (TPSA) is 88.5 Å². The molecule has 1 atom stereocenters. The van der Waals surface area contributed by atoms with E-state index in [1.54, 1.807) is 7.11 Å². The number of nitrogens with zero attached hydrogens (tertiary/aromatic N) is 1. The molecule has 19 heavy (non-hydrogen) atoms. The van der Waals surface area contributed by atoms with E-state index in [1.165, 1.54) is 30.1 Å². The van der Waals surface area contributed by atoms with Gasteiger partial charge in [0.15, 0.2) is 0 Å². The zero-order valence-electron chi connectivity index (χ0n) is 10.8. The summed E-state index contributed by atoms with van der Waals surface area (Å²) in [6.07, 6.45) is 1.41. The van der Waals surface area contributed by atoms with Crippen molar-refractivity contribution in [3.05, 3.63) is 23.9 Å². The second kappa shape index (κ2) is 7.75. The number of carboxylic acids is 1. The lowest BCUT2D eigenvalue weighted by atomic mass is 10.3. The van der Waals surface area contributed by atoms with Gasteiger partial charge in [0.1, 0.15) is 0 Å². The number of methoxy groups -OCH3 is 1. The molecule has 0 fully saturated rings. The van der Waals surface area contributed by atoms with E-state index < -0.39 is 5.97 Å². The lowest BCUT2D eigenvalue weighted by Crippen LogP contribution is -2.36. The average Bonchev–Trinajstić information content (AvgIpc) is 2.37. The standard InChI is InChI=1S/C12H16N2O4S/c1-8(6-18-2)14-10(15)7-19-11-5-9(12(16)17)3-4-13-11/h3-5,8H,6-7H2,1-2H3,(H,14,15)(H,16,17). The predicted molar refractivity (Wildman–Crippen MR) is 71.4 cm³/mol. The first-order chi connectivity index (χ1) is 9.02. The third-order valence-electron chi connectivity index (χ3n) is 2.16. The minimum atomic E-state index is -1.01. The molecule has 1 heterocycles. The monoisotopic (exact) mass is 284 g/mol. The number of hydrogen-bond donors (Lipinski definition) is 2. The molecule has 0 radical (unpaired) electrons. The van der Waals surface area contributed by atoms with Crippen molar-refractivity contribution in [3.63, 3.8) is 0 Å². The molecule has 0 spiro atoms. The Kier molecular flexibility index (Phi) is 6.31. The molecule has 1 amide bonds. The Morgan fingerprint density at radius 1 is 1.58 bits per heavy atom. The van der Waals surface area contributed by atoms with Gasteiger partial charge in [-0.3, -0.25) is 4.79 Å². The molecule has 0 aliphatic rings. The maximum absolute atomic E-state index is 11.6. The number of carbonyl (C=O) groups excluding carboxylic acids is 1. The van der Waals surface area contributed by atoms with Gasteiger partial charge in [-0.15, -0.1) is 0 Å². The first-order valence-electron chi connectivity index (χ1n) is 5.63. The summed E-state index contributed by atoms with van der Waals surface area (Å²) >= 11 is 1.19. The Morgan fingerprint density at radius 2 is 2.32 bits per heavy atom. The van der Waals surface area contributed by atoms with E-state index in [0.717, 1.165) is 0 Å². The normalized spacial score (nSPS) is 11.9. The van der Waals surface area contributed by atoms with Crippen molar-refractivity contribution < 1.29 is 19.4 Å². The summed E-state index contributed by atoms with van der Waals surface area (Å²) in [5, 5.41) is 12.1. The van der Waals surface area contributed by atoms with E-state index in [2.05, 4.69) is 10.3 Å². The summed E-state index contributed by atoms with van der Waals surface area (Å²) in [5.74, 6) is -0.969. The summed E-state index contributed by atoms with van der Waals surface area (Å²) in [7, 11) is 1.57. The van der Waals surface area contributed by atoms with Crippen LogP contribution in [0.3, 0.4) is 0 Å². The molecule has 1 aromatic rings.